The Hall–Kier alpha value is -0.480. The third-order valence-electron chi connectivity index (χ3n) is 2.53. The lowest BCUT2D eigenvalue weighted by Gasteiger charge is -2.26. The molecule has 1 amide bonds. The van der Waals surface area contributed by atoms with Gasteiger partial charge in [-0.2, -0.15) is 11.8 Å². The summed E-state index contributed by atoms with van der Waals surface area (Å²) in [6.07, 6.45) is 1.57. The van der Waals surface area contributed by atoms with Crippen LogP contribution in [0.5, 0.6) is 0 Å². The Morgan fingerprint density at radius 1 is 1.40 bits per heavy atom. The van der Waals surface area contributed by atoms with Crippen molar-refractivity contribution < 1.29 is 4.79 Å². The van der Waals surface area contributed by atoms with Gasteiger partial charge in [0, 0.05) is 35.9 Å². The predicted molar refractivity (Wildman–Crippen MR) is 66.5 cm³/mol. The van der Waals surface area contributed by atoms with E-state index < -0.39 is 0 Å². The fourth-order valence-electron chi connectivity index (χ4n) is 1.66. The van der Waals surface area contributed by atoms with Crippen LogP contribution in [-0.4, -0.2) is 35.4 Å². The fraction of sp³-hybridized carbons (Fsp3) is 0.545. The van der Waals surface area contributed by atoms with Gasteiger partial charge in [0.05, 0.1) is 0 Å². The van der Waals surface area contributed by atoms with Gasteiger partial charge in [-0.1, -0.05) is 6.07 Å². The lowest BCUT2D eigenvalue weighted by Crippen LogP contribution is -2.37. The third kappa shape index (κ3) is 3.24. The SMILES string of the molecule is O=C(CCc1cccs1)N1CCSCC1. The third-order valence-corrected chi connectivity index (χ3v) is 4.41. The molecule has 1 aromatic rings. The average molecular weight is 241 g/mol. The molecule has 1 aliphatic heterocycles. The largest absolute Gasteiger partial charge is 0.341 e. The van der Waals surface area contributed by atoms with Crippen LogP contribution >= 0.6 is 23.1 Å². The first-order valence-electron chi connectivity index (χ1n) is 5.24. The molecule has 15 heavy (non-hydrogen) atoms. The van der Waals surface area contributed by atoms with Crippen LogP contribution in [0.3, 0.4) is 0 Å². The molecule has 1 aliphatic rings. The second kappa shape index (κ2) is 5.56. The summed E-state index contributed by atoms with van der Waals surface area (Å²) in [6, 6.07) is 4.14. The van der Waals surface area contributed by atoms with Crippen molar-refractivity contribution in [1.82, 2.24) is 4.90 Å². The fourth-order valence-corrected chi connectivity index (χ4v) is 3.27. The Morgan fingerprint density at radius 3 is 2.87 bits per heavy atom. The van der Waals surface area contributed by atoms with Crippen molar-refractivity contribution in [2.45, 2.75) is 12.8 Å². The van der Waals surface area contributed by atoms with E-state index in [1.54, 1.807) is 11.3 Å². The van der Waals surface area contributed by atoms with E-state index in [0.29, 0.717) is 12.3 Å². The maximum Gasteiger partial charge on any atom is 0.222 e. The average Bonchev–Trinajstić information content (AvgIpc) is 2.80. The summed E-state index contributed by atoms with van der Waals surface area (Å²) in [5.74, 6) is 2.53. The van der Waals surface area contributed by atoms with E-state index in [0.717, 1.165) is 31.0 Å². The predicted octanol–water partition coefficient (Wildman–Crippen LogP) is 2.26. The molecular formula is C11H15NOS2. The van der Waals surface area contributed by atoms with Gasteiger partial charge in [0.1, 0.15) is 0 Å². The molecule has 0 atom stereocenters. The van der Waals surface area contributed by atoms with E-state index in [9.17, 15) is 4.79 Å². The Balaban J connectivity index is 1.76. The van der Waals surface area contributed by atoms with Crippen LogP contribution in [0.1, 0.15) is 11.3 Å². The number of amides is 1. The summed E-state index contributed by atoms with van der Waals surface area (Å²) >= 11 is 3.68. The highest BCUT2D eigenvalue weighted by molar-refractivity contribution is 7.99. The number of rotatable bonds is 3. The quantitative estimate of drug-likeness (QED) is 0.809. The van der Waals surface area contributed by atoms with Crippen LogP contribution in [0.15, 0.2) is 17.5 Å². The smallest absolute Gasteiger partial charge is 0.222 e. The molecule has 1 aromatic heterocycles. The number of thioether (sulfide) groups is 1. The minimum absolute atomic E-state index is 0.323. The van der Waals surface area contributed by atoms with Crippen molar-refractivity contribution in [3.63, 3.8) is 0 Å². The van der Waals surface area contributed by atoms with E-state index in [1.807, 2.05) is 22.7 Å². The summed E-state index contributed by atoms with van der Waals surface area (Å²) in [7, 11) is 0. The number of carbonyl (C=O) groups excluding carboxylic acids is 1. The van der Waals surface area contributed by atoms with Crippen molar-refractivity contribution in [2.75, 3.05) is 24.6 Å². The molecule has 0 bridgehead atoms. The van der Waals surface area contributed by atoms with Crippen molar-refractivity contribution in [3.8, 4) is 0 Å². The molecule has 0 saturated carbocycles. The molecule has 0 N–H and O–H groups in total. The van der Waals surface area contributed by atoms with Gasteiger partial charge >= 0.3 is 0 Å². The maximum absolute atomic E-state index is 11.8. The summed E-state index contributed by atoms with van der Waals surface area (Å²) in [5.41, 5.74) is 0. The van der Waals surface area contributed by atoms with Crippen molar-refractivity contribution >= 4 is 29.0 Å². The number of nitrogens with zero attached hydrogens (tertiary/aromatic N) is 1. The highest BCUT2D eigenvalue weighted by atomic mass is 32.2. The highest BCUT2D eigenvalue weighted by Gasteiger charge is 2.16. The number of hydrogen-bond acceptors (Lipinski definition) is 3. The van der Waals surface area contributed by atoms with E-state index in [2.05, 4.69) is 11.4 Å². The van der Waals surface area contributed by atoms with Gasteiger partial charge in [-0.05, 0) is 17.9 Å². The van der Waals surface area contributed by atoms with Crippen LogP contribution in [0.2, 0.25) is 0 Å². The molecule has 0 spiro atoms. The van der Waals surface area contributed by atoms with Gasteiger partial charge in [0.25, 0.3) is 0 Å². The van der Waals surface area contributed by atoms with E-state index in [4.69, 9.17) is 0 Å². The van der Waals surface area contributed by atoms with Crippen molar-refractivity contribution in [2.24, 2.45) is 0 Å². The first-order chi connectivity index (χ1) is 7.36. The molecule has 2 nitrogen and oxygen atoms in total. The van der Waals surface area contributed by atoms with E-state index >= 15 is 0 Å². The minimum Gasteiger partial charge on any atom is -0.341 e. The zero-order valence-corrected chi connectivity index (χ0v) is 10.3. The molecule has 4 heteroatoms. The van der Waals surface area contributed by atoms with Crippen LogP contribution in [0.4, 0.5) is 0 Å². The standard InChI is InChI=1S/C11H15NOS2/c13-11(12-5-8-14-9-6-12)4-3-10-2-1-7-15-10/h1-2,7H,3-6,8-9H2. The molecule has 1 fully saturated rings. The molecule has 0 aromatic carbocycles. The number of hydrogen-bond donors (Lipinski definition) is 0. The number of aryl methyl sites for hydroxylation is 1. The van der Waals surface area contributed by atoms with Gasteiger partial charge in [-0.25, -0.2) is 0 Å². The Kier molecular flexibility index (Phi) is 4.09. The Morgan fingerprint density at radius 2 is 2.20 bits per heavy atom. The maximum atomic E-state index is 11.8. The van der Waals surface area contributed by atoms with Gasteiger partial charge in [0.15, 0.2) is 0 Å². The Labute approximate surface area is 98.7 Å². The summed E-state index contributed by atoms with van der Waals surface area (Å²) in [4.78, 5) is 15.1. The molecular weight excluding hydrogens is 226 g/mol. The van der Waals surface area contributed by atoms with Crippen molar-refractivity contribution in [3.05, 3.63) is 22.4 Å². The Bertz CT molecular complexity index is 304. The monoisotopic (exact) mass is 241 g/mol. The topological polar surface area (TPSA) is 20.3 Å². The van der Waals surface area contributed by atoms with Gasteiger partial charge in [-0.15, -0.1) is 11.3 Å². The summed E-state index contributed by atoms with van der Waals surface area (Å²) < 4.78 is 0. The lowest BCUT2D eigenvalue weighted by atomic mass is 10.2. The molecule has 0 aliphatic carbocycles. The highest BCUT2D eigenvalue weighted by Crippen LogP contribution is 2.14. The normalized spacial score (nSPS) is 16.7. The second-order valence-corrected chi connectivity index (χ2v) is 5.83. The van der Waals surface area contributed by atoms with E-state index in [-0.39, 0.29) is 0 Å². The van der Waals surface area contributed by atoms with Crippen molar-refractivity contribution in [1.29, 1.82) is 0 Å². The summed E-state index contributed by atoms with van der Waals surface area (Å²) in [6.45, 7) is 1.88. The van der Waals surface area contributed by atoms with Crippen LogP contribution < -0.4 is 0 Å². The van der Waals surface area contributed by atoms with Gasteiger partial charge < -0.3 is 4.90 Å². The molecule has 0 unspecified atom stereocenters. The first kappa shape index (κ1) is 11.0. The van der Waals surface area contributed by atoms with Crippen LogP contribution in [0.25, 0.3) is 0 Å². The zero-order valence-electron chi connectivity index (χ0n) is 8.65. The first-order valence-corrected chi connectivity index (χ1v) is 7.27. The second-order valence-electron chi connectivity index (χ2n) is 3.57. The van der Waals surface area contributed by atoms with E-state index in [1.165, 1.54) is 4.88 Å². The zero-order chi connectivity index (χ0) is 10.5. The molecule has 0 radical (unpaired) electrons. The number of thiophene rings is 1. The molecule has 2 heterocycles. The van der Waals surface area contributed by atoms with Crippen LogP contribution in [-0.2, 0) is 11.2 Å². The lowest BCUT2D eigenvalue weighted by molar-refractivity contribution is -0.130. The van der Waals surface area contributed by atoms with Crippen LogP contribution in [0, 0.1) is 0 Å². The number of carbonyl (C=O) groups is 1. The van der Waals surface area contributed by atoms with Gasteiger partial charge in [-0.3, -0.25) is 4.79 Å². The minimum atomic E-state index is 0.323. The molecule has 82 valence electrons. The summed E-state index contributed by atoms with van der Waals surface area (Å²) in [5, 5.41) is 2.07. The molecule has 2 rings (SSSR count). The van der Waals surface area contributed by atoms with Gasteiger partial charge in [0.2, 0.25) is 5.91 Å². The molecule has 1 saturated heterocycles.